The second kappa shape index (κ2) is 11.5. The number of benzene rings is 2. The fraction of sp³-hybridized carbons (Fsp3) is 0.429. The Morgan fingerprint density at radius 1 is 0.690 bits per heavy atom. The van der Waals surface area contributed by atoms with Gasteiger partial charge in [0.15, 0.2) is 23.0 Å². The van der Waals surface area contributed by atoms with Crippen LogP contribution >= 0.6 is 0 Å². The van der Waals surface area contributed by atoms with E-state index in [1.54, 1.807) is 7.11 Å². The first kappa shape index (κ1) is 21.2. The molecule has 0 aromatic heterocycles. The average Bonchev–Trinajstić information content (AvgIpc) is 3.40. The van der Waals surface area contributed by atoms with Crippen molar-refractivity contribution < 1.29 is 37.9 Å². The van der Waals surface area contributed by atoms with Crippen molar-refractivity contribution in [2.24, 2.45) is 0 Å². The minimum Gasteiger partial charge on any atom is -0.454 e. The van der Waals surface area contributed by atoms with E-state index in [0.29, 0.717) is 47.0 Å². The molecule has 158 valence electrons. The van der Waals surface area contributed by atoms with Gasteiger partial charge in [0, 0.05) is 13.7 Å². The Hall–Kier alpha value is -2.52. The summed E-state index contributed by atoms with van der Waals surface area (Å²) < 4.78 is 41.3. The van der Waals surface area contributed by atoms with Crippen LogP contribution in [0.3, 0.4) is 0 Å². The van der Waals surface area contributed by atoms with Gasteiger partial charge < -0.3 is 37.9 Å². The molecule has 0 radical (unpaired) electrons. The molecule has 0 amide bonds. The number of ether oxygens (including phenoxy) is 8. The van der Waals surface area contributed by atoms with E-state index in [1.807, 2.05) is 43.3 Å². The van der Waals surface area contributed by atoms with Crippen LogP contribution < -0.4 is 18.9 Å². The van der Waals surface area contributed by atoms with Gasteiger partial charge in [-0.3, -0.25) is 0 Å². The maximum absolute atomic E-state index is 5.30. The summed E-state index contributed by atoms with van der Waals surface area (Å²) in [5.41, 5.74) is 2.10. The first-order chi connectivity index (χ1) is 14.3. The van der Waals surface area contributed by atoms with Crippen molar-refractivity contribution in [3.63, 3.8) is 0 Å². The van der Waals surface area contributed by atoms with Gasteiger partial charge in [-0.1, -0.05) is 12.1 Å². The SMILES string of the molecule is CCOCOCc1ccc2c(c1)OCO2.COCOCc1ccc2c(c1)OCO2. The maximum atomic E-state index is 5.30. The van der Waals surface area contributed by atoms with Crippen molar-refractivity contribution in [2.45, 2.75) is 20.1 Å². The van der Waals surface area contributed by atoms with Gasteiger partial charge >= 0.3 is 0 Å². The zero-order valence-electron chi connectivity index (χ0n) is 16.7. The molecule has 0 atom stereocenters. The highest BCUT2D eigenvalue weighted by molar-refractivity contribution is 5.45. The molecule has 0 saturated heterocycles. The third-order valence-corrected chi connectivity index (χ3v) is 3.98. The summed E-state index contributed by atoms with van der Waals surface area (Å²) in [6.07, 6.45) is 0. The van der Waals surface area contributed by atoms with Gasteiger partial charge in [0.05, 0.1) is 13.2 Å². The predicted octanol–water partition coefficient (Wildman–Crippen LogP) is 3.46. The van der Waals surface area contributed by atoms with Gasteiger partial charge in [0.2, 0.25) is 13.6 Å². The lowest BCUT2D eigenvalue weighted by Crippen LogP contribution is -1.99. The number of fused-ring (bicyclic) bond motifs is 2. The van der Waals surface area contributed by atoms with Crippen LogP contribution in [0.2, 0.25) is 0 Å². The molecule has 2 aromatic rings. The predicted molar refractivity (Wildman–Crippen MR) is 103 cm³/mol. The van der Waals surface area contributed by atoms with Crippen LogP contribution in [0.5, 0.6) is 23.0 Å². The Labute approximate surface area is 170 Å². The van der Waals surface area contributed by atoms with Crippen molar-refractivity contribution >= 4 is 0 Å². The summed E-state index contributed by atoms with van der Waals surface area (Å²) in [5.74, 6) is 3.15. The largest absolute Gasteiger partial charge is 0.454 e. The zero-order valence-corrected chi connectivity index (χ0v) is 16.7. The van der Waals surface area contributed by atoms with E-state index in [1.165, 1.54) is 0 Å². The standard InChI is InChI=1S/C11H14O4.C10H12O4/c1-2-12-7-13-6-9-3-4-10-11(5-9)15-8-14-10;1-11-6-12-5-8-2-3-9-10(4-8)14-7-13-9/h3-5H,2,6-8H2,1H3;2-4H,5-7H2,1H3. The zero-order chi connectivity index (χ0) is 20.3. The van der Waals surface area contributed by atoms with Crippen LogP contribution in [0.15, 0.2) is 36.4 Å². The Balaban J connectivity index is 0.000000166. The van der Waals surface area contributed by atoms with E-state index >= 15 is 0 Å². The molecule has 0 bridgehead atoms. The Morgan fingerprint density at radius 3 is 1.72 bits per heavy atom. The molecule has 2 aliphatic heterocycles. The Kier molecular flexibility index (Phi) is 8.39. The van der Waals surface area contributed by atoms with Crippen molar-refractivity contribution in [1.29, 1.82) is 0 Å². The molecule has 2 heterocycles. The summed E-state index contributed by atoms with van der Waals surface area (Å²) in [6.45, 7) is 4.88. The fourth-order valence-electron chi connectivity index (χ4n) is 2.61. The quantitative estimate of drug-likeness (QED) is 0.463. The summed E-state index contributed by atoms with van der Waals surface area (Å²) in [6, 6.07) is 11.5. The van der Waals surface area contributed by atoms with E-state index < -0.39 is 0 Å². The molecule has 4 rings (SSSR count). The van der Waals surface area contributed by atoms with E-state index in [4.69, 9.17) is 37.9 Å². The second-order valence-corrected chi connectivity index (χ2v) is 6.09. The van der Waals surface area contributed by atoms with Gasteiger partial charge in [-0.05, 0) is 42.3 Å². The molecule has 0 fully saturated rings. The lowest BCUT2D eigenvalue weighted by molar-refractivity contribution is -0.0571. The van der Waals surface area contributed by atoms with Gasteiger partial charge in [-0.2, -0.15) is 0 Å². The molecule has 0 aliphatic carbocycles. The second-order valence-electron chi connectivity index (χ2n) is 6.09. The third kappa shape index (κ3) is 6.50. The van der Waals surface area contributed by atoms with Gasteiger partial charge in [0.1, 0.15) is 13.6 Å². The van der Waals surface area contributed by atoms with Crippen molar-refractivity contribution in [2.75, 3.05) is 40.9 Å². The summed E-state index contributed by atoms with van der Waals surface area (Å²) in [4.78, 5) is 0. The molecule has 0 spiro atoms. The van der Waals surface area contributed by atoms with Crippen LogP contribution in [0.1, 0.15) is 18.1 Å². The first-order valence-electron chi connectivity index (χ1n) is 9.29. The number of rotatable bonds is 9. The minimum absolute atomic E-state index is 0.300. The minimum atomic E-state index is 0.300. The number of methoxy groups -OCH3 is 1. The summed E-state index contributed by atoms with van der Waals surface area (Å²) in [5, 5.41) is 0. The highest BCUT2D eigenvalue weighted by Gasteiger charge is 2.13. The molecule has 8 heteroatoms. The highest BCUT2D eigenvalue weighted by Crippen LogP contribution is 2.33. The maximum Gasteiger partial charge on any atom is 0.231 e. The fourth-order valence-corrected chi connectivity index (χ4v) is 2.61. The van der Waals surface area contributed by atoms with Crippen LogP contribution in [-0.2, 0) is 32.2 Å². The molecular weight excluding hydrogens is 380 g/mol. The van der Waals surface area contributed by atoms with Crippen LogP contribution in [0.25, 0.3) is 0 Å². The average molecular weight is 406 g/mol. The van der Waals surface area contributed by atoms with Gasteiger partial charge in [-0.15, -0.1) is 0 Å². The number of hydrogen-bond acceptors (Lipinski definition) is 8. The monoisotopic (exact) mass is 406 g/mol. The van der Waals surface area contributed by atoms with E-state index in [-0.39, 0.29) is 0 Å². The van der Waals surface area contributed by atoms with Crippen molar-refractivity contribution in [1.82, 2.24) is 0 Å². The van der Waals surface area contributed by atoms with E-state index in [0.717, 1.165) is 34.1 Å². The molecule has 0 unspecified atom stereocenters. The highest BCUT2D eigenvalue weighted by atomic mass is 16.7. The molecule has 8 nitrogen and oxygen atoms in total. The normalized spacial score (nSPS) is 13.2. The summed E-state index contributed by atoms with van der Waals surface area (Å²) in [7, 11) is 1.60. The van der Waals surface area contributed by atoms with E-state index in [2.05, 4.69) is 0 Å². The Bertz CT molecular complexity index is 764. The van der Waals surface area contributed by atoms with Gasteiger partial charge in [0.25, 0.3) is 0 Å². The third-order valence-electron chi connectivity index (χ3n) is 3.98. The molecule has 29 heavy (non-hydrogen) atoms. The first-order valence-corrected chi connectivity index (χ1v) is 9.29. The molecule has 2 aliphatic rings. The molecular formula is C21H26O8. The van der Waals surface area contributed by atoms with Crippen molar-refractivity contribution in [3.05, 3.63) is 47.5 Å². The van der Waals surface area contributed by atoms with E-state index in [9.17, 15) is 0 Å². The van der Waals surface area contributed by atoms with Crippen molar-refractivity contribution in [3.8, 4) is 23.0 Å². The van der Waals surface area contributed by atoms with Gasteiger partial charge in [-0.25, -0.2) is 0 Å². The number of hydrogen-bond donors (Lipinski definition) is 0. The van der Waals surface area contributed by atoms with Crippen LogP contribution in [0, 0.1) is 0 Å². The summed E-state index contributed by atoms with van der Waals surface area (Å²) >= 11 is 0. The molecule has 2 aromatic carbocycles. The Morgan fingerprint density at radius 2 is 1.21 bits per heavy atom. The smallest absolute Gasteiger partial charge is 0.231 e. The lowest BCUT2D eigenvalue weighted by Gasteiger charge is -2.04. The topological polar surface area (TPSA) is 73.8 Å². The van der Waals surface area contributed by atoms with Crippen LogP contribution in [0.4, 0.5) is 0 Å². The lowest BCUT2D eigenvalue weighted by atomic mass is 10.2. The molecule has 0 N–H and O–H groups in total. The van der Waals surface area contributed by atoms with Crippen LogP contribution in [-0.4, -0.2) is 40.9 Å². The molecule has 0 saturated carbocycles.